The minimum atomic E-state index is -0.545. The highest BCUT2D eigenvalue weighted by molar-refractivity contribution is 5.34. The molecule has 1 aliphatic carbocycles. The quantitative estimate of drug-likeness (QED) is 0.574. The summed E-state index contributed by atoms with van der Waals surface area (Å²) in [5, 5.41) is 11.0. The maximum Gasteiger partial charge on any atom is 0.0899 e. The van der Waals surface area contributed by atoms with E-state index in [-0.39, 0.29) is 0 Å². The first-order chi connectivity index (χ1) is 10.3. The van der Waals surface area contributed by atoms with E-state index in [1.54, 1.807) is 0 Å². The number of aryl methyl sites for hydroxylation is 1. The van der Waals surface area contributed by atoms with Crippen molar-refractivity contribution >= 4 is 0 Å². The van der Waals surface area contributed by atoms with Gasteiger partial charge in [-0.1, -0.05) is 82.6 Å². The molecular weight excluding hydrogens is 256 g/mol. The summed E-state index contributed by atoms with van der Waals surface area (Å²) in [4.78, 5) is 0. The summed E-state index contributed by atoms with van der Waals surface area (Å²) in [6, 6.07) is 8.50. The lowest BCUT2D eigenvalue weighted by Crippen LogP contribution is -2.30. The van der Waals surface area contributed by atoms with E-state index in [0.717, 1.165) is 25.7 Å². The third-order valence-corrected chi connectivity index (χ3v) is 5.00. The van der Waals surface area contributed by atoms with Crippen molar-refractivity contribution in [2.24, 2.45) is 0 Å². The molecule has 1 aromatic rings. The summed E-state index contributed by atoms with van der Waals surface area (Å²) >= 11 is 0. The van der Waals surface area contributed by atoms with Crippen LogP contribution < -0.4 is 0 Å². The first-order valence-corrected chi connectivity index (χ1v) is 9.07. The van der Waals surface area contributed by atoms with Crippen molar-refractivity contribution in [3.05, 3.63) is 35.4 Å². The van der Waals surface area contributed by atoms with Crippen LogP contribution in [0.3, 0.4) is 0 Å². The molecule has 1 unspecified atom stereocenters. The molecular formula is C20H32O. The van der Waals surface area contributed by atoms with Crippen molar-refractivity contribution < 1.29 is 5.11 Å². The molecule has 0 amide bonds. The fraction of sp³-hybridized carbons (Fsp3) is 0.700. The fourth-order valence-corrected chi connectivity index (χ4v) is 3.71. The molecule has 1 aromatic carbocycles. The molecule has 0 saturated carbocycles. The lowest BCUT2D eigenvalue weighted by molar-refractivity contribution is 0.00755. The number of rotatable bonds is 9. The molecule has 1 heteroatoms. The molecule has 2 rings (SSSR count). The zero-order valence-corrected chi connectivity index (χ0v) is 13.7. The van der Waals surface area contributed by atoms with Gasteiger partial charge in [-0.05, 0) is 36.8 Å². The van der Waals surface area contributed by atoms with Crippen LogP contribution in [0, 0.1) is 0 Å². The summed E-state index contributed by atoms with van der Waals surface area (Å²) in [6.45, 7) is 2.27. The zero-order valence-electron chi connectivity index (χ0n) is 13.7. The van der Waals surface area contributed by atoms with E-state index in [1.165, 1.54) is 62.5 Å². The SMILES string of the molecule is CCCCCCCCCCC1(O)CCCc2ccccc21. The average Bonchev–Trinajstić information content (AvgIpc) is 2.50. The summed E-state index contributed by atoms with van der Waals surface area (Å²) in [7, 11) is 0. The smallest absolute Gasteiger partial charge is 0.0899 e. The Hall–Kier alpha value is -0.820. The van der Waals surface area contributed by atoms with Gasteiger partial charge in [-0.25, -0.2) is 0 Å². The Morgan fingerprint density at radius 1 is 0.952 bits per heavy atom. The van der Waals surface area contributed by atoms with E-state index in [1.807, 2.05) is 0 Å². The molecule has 0 aromatic heterocycles. The maximum absolute atomic E-state index is 11.0. The molecule has 0 aliphatic heterocycles. The largest absolute Gasteiger partial charge is 0.385 e. The Balaban J connectivity index is 1.71. The van der Waals surface area contributed by atoms with E-state index in [9.17, 15) is 5.11 Å². The van der Waals surface area contributed by atoms with Crippen LogP contribution in [0.1, 0.15) is 88.7 Å². The number of benzene rings is 1. The average molecular weight is 288 g/mol. The van der Waals surface area contributed by atoms with Gasteiger partial charge in [0.1, 0.15) is 0 Å². The second kappa shape index (κ2) is 8.58. The van der Waals surface area contributed by atoms with Crippen LogP contribution in [0.25, 0.3) is 0 Å². The number of aliphatic hydroxyl groups is 1. The monoisotopic (exact) mass is 288 g/mol. The molecule has 0 radical (unpaired) electrons. The molecule has 1 aliphatic rings. The standard InChI is InChI=1S/C20H32O/c1-2-3-4-5-6-7-8-11-16-20(21)17-12-14-18-13-9-10-15-19(18)20/h9-10,13,15,21H,2-8,11-12,14,16-17H2,1H3. The summed E-state index contributed by atoms with van der Waals surface area (Å²) in [5.41, 5.74) is 2.03. The van der Waals surface area contributed by atoms with Gasteiger partial charge in [0.15, 0.2) is 0 Å². The fourth-order valence-electron chi connectivity index (χ4n) is 3.71. The summed E-state index contributed by atoms with van der Waals surface area (Å²) < 4.78 is 0. The molecule has 1 N–H and O–H groups in total. The third kappa shape index (κ3) is 4.85. The Morgan fingerprint density at radius 3 is 2.38 bits per heavy atom. The highest BCUT2D eigenvalue weighted by atomic mass is 16.3. The predicted octanol–water partition coefficient (Wildman–Crippen LogP) is 5.74. The van der Waals surface area contributed by atoms with Crippen LogP contribution >= 0.6 is 0 Å². The van der Waals surface area contributed by atoms with Gasteiger partial charge < -0.3 is 5.11 Å². The molecule has 118 valence electrons. The van der Waals surface area contributed by atoms with Gasteiger partial charge in [-0.15, -0.1) is 0 Å². The van der Waals surface area contributed by atoms with Crippen molar-refractivity contribution in [1.29, 1.82) is 0 Å². The van der Waals surface area contributed by atoms with E-state index < -0.39 is 5.60 Å². The van der Waals surface area contributed by atoms with Gasteiger partial charge in [-0.2, -0.15) is 0 Å². The van der Waals surface area contributed by atoms with E-state index >= 15 is 0 Å². The number of hydrogen-bond donors (Lipinski definition) is 1. The van der Waals surface area contributed by atoms with Crippen molar-refractivity contribution in [3.8, 4) is 0 Å². The first kappa shape index (κ1) is 16.5. The molecule has 1 nitrogen and oxygen atoms in total. The third-order valence-electron chi connectivity index (χ3n) is 5.00. The molecule has 0 heterocycles. The second-order valence-electron chi connectivity index (χ2n) is 6.77. The lowest BCUT2D eigenvalue weighted by Gasteiger charge is -2.34. The van der Waals surface area contributed by atoms with Gasteiger partial charge in [0.25, 0.3) is 0 Å². The van der Waals surface area contributed by atoms with Crippen molar-refractivity contribution in [1.82, 2.24) is 0 Å². The normalized spacial score (nSPS) is 21.2. The lowest BCUT2D eigenvalue weighted by atomic mass is 9.76. The van der Waals surface area contributed by atoms with Gasteiger partial charge in [0.05, 0.1) is 5.60 Å². The maximum atomic E-state index is 11.0. The van der Waals surface area contributed by atoms with Crippen LogP contribution in [0.5, 0.6) is 0 Å². The van der Waals surface area contributed by atoms with Gasteiger partial charge in [0, 0.05) is 0 Å². The second-order valence-corrected chi connectivity index (χ2v) is 6.77. The molecule has 0 fully saturated rings. The van der Waals surface area contributed by atoms with Gasteiger partial charge in [-0.3, -0.25) is 0 Å². The van der Waals surface area contributed by atoms with Gasteiger partial charge in [0.2, 0.25) is 0 Å². The van der Waals surface area contributed by atoms with Crippen molar-refractivity contribution in [2.75, 3.05) is 0 Å². The van der Waals surface area contributed by atoms with Crippen LogP contribution in [0.2, 0.25) is 0 Å². The molecule has 1 atom stereocenters. The van der Waals surface area contributed by atoms with E-state index in [2.05, 4.69) is 31.2 Å². The van der Waals surface area contributed by atoms with E-state index in [0.29, 0.717) is 0 Å². The summed E-state index contributed by atoms with van der Waals surface area (Å²) in [6.07, 6.45) is 14.8. The molecule has 0 spiro atoms. The van der Waals surface area contributed by atoms with Crippen LogP contribution in [-0.4, -0.2) is 5.11 Å². The number of hydrogen-bond acceptors (Lipinski definition) is 1. The number of fused-ring (bicyclic) bond motifs is 1. The Kier molecular flexibility index (Phi) is 6.76. The van der Waals surface area contributed by atoms with Gasteiger partial charge >= 0.3 is 0 Å². The molecule has 0 saturated heterocycles. The first-order valence-electron chi connectivity index (χ1n) is 9.07. The van der Waals surface area contributed by atoms with Crippen LogP contribution in [-0.2, 0) is 12.0 Å². The van der Waals surface area contributed by atoms with Crippen molar-refractivity contribution in [3.63, 3.8) is 0 Å². The highest BCUT2D eigenvalue weighted by Gasteiger charge is 2.33. The predicted molar refractivity (Wildman–Crippen MR) is 90.5 cm³/mol. The molecule has 21 heavy (non-hydrogen) atoms. The number of unbranched alkanes of at least 4 members (excludes halogenated alkanes) is 7. The van der Waals surface area contributed by atoms with E-state index in [4.69, 9.17) is 0 Å². The minimum absolute atomic E-state index is 0.545. The minimum Gasteiger partial charge on any atom is -0.385 e. The topological polar surface area (TPSA) is 20.2 Å². The Bertz CT molecular complexity index is 412. The molecule has 0 bridgehead atoms. The Labute approximate surface area is 130 Å². The summed E-state index contributed by atoms with van der Waals surface area (Å²) in [5.74, 6) is 0. The Morgan fingerprint density at radius 2 is 1.62 bits per heavy atom. The highest BCUT2D eigenvalue weighted by Crippen LogP contribution is 2.38. The van der Waals surface area contributed by atoms with Crippen LogP contribution in [0.15, 0.2) is 24.3 Å². The zero-order chi connectivity index (χ0) is 15.0. The van der Waals surface area contributed by atoms with Crippen molar-refractivity contribution in [2.45, 2.75) is 89.6 Å². The van der Waals surface area contributed by atoms with Crippen LogP contribution in [0.4, 0.5) is 0 Å².